The van der Waals surface area contributed by atoms with Gasteiger partial charge in [-0.25, -0.2) is 4.99 Å². The summed E-state index contributed by atoms with van der Waals surface area (Å²) in [7, 11) is 1.69. The van der Waals surface area contributed by atoms with Crippen molar-refractivity contribution in [1.29, 1.82) is 5.26 Å². The van der Waals surface area contributed by atoms with Gasteiger partial charge in [-0.2, -0.15) is 5.26 Å². The maximum absolute atomic E-state index is 11.8. The van der Waals surface area contributed by atoms with Crippen molar-refractivity contribution in [2.75, 3.05) is 51.3 Å². The van der Waals surface area contributed by atoms with Gasteiger partial charge in [0.25, 0.3) is 5.91 Å². The number of methoxy groups -OCH3 is 1. The summed E-state index contributed by atoms with van der Waals surface area (Å²) in [5.41, 5.74) is 3.33. The number of piperazine rings is 1. The van der Waals surface area contributed by atoms with Gasteiger partial charge in [0.1, 0.15) is 30.1 Å². The zero-order valence-corrected chi connectivity index (χ0v) is 20.1. The summed E-state index contributed by atoms with van der Waals surface area (Å²) in [6.45, 7) is 5.94. The number of ether oxygens (including phenoxy) is 2. The highest BCUT2D eigenvalue weighted by molar-refractivity contribution is 6.27. The molecule has 2 aliphatic heterocycles. The van der Waals surface area contributed by atoms with Gasteiger partial charge in [-0.3, -0.25) is 9.69 Å². The Balaban J connectivity index is 1.25. The number of β-amino-alcohol motifs (C(OH)–C–C–N with tert-alkyl or cyclic N) is 1. The maximum Gasteiger partial charge on any atom is 0.267 e. The second-order valence-corrected chi connectivity index (χ2v) is 8.67. The van der Waals surface area contributed by atoms with Crippen LogP contribution in [0.1, 0.15) is 12.5 Å². The van der Waals surface area contributed by atoms with Gasteiger partial charge in [0.15, 0.2) is 0 Å². The molecule has 8 heteroatoms. The van der Waals surface area contributed by atoms with Gasteiger partial charge in [-0.1, -0.05) is 24.3 Å². The normalized spacial score (nSPS) is 19.4. The molecular formula is C27H30N4O4. The third-order valence-electron chi connectivity index (χ3n) is 6.28. The minimum atomic E-state index is -0.851. The lowest BCUT2D eigenvalue weighted by Gasteiger charge is -2.37. The number of anilines is 1. The molecule has 0 bridgehead atoms. The van der Waals surface area contributed by atoms with Crippen molar-refractivity contribution in [3.8, 4) is 17.6 Å². The Bertz CT molecular complexity index is 1140. The third kappa shape index (κ3) is 5.88. The molecule has 1 N–H and O–H groups in total. The van der Waals surface area contributed by atoms with Crippen molar-refractivity contribution in [3.05, 3.63) is 60.2 Å². The van der Waals surface area contributed by atoms with Gasteiger partial charge in [0, 0.05) is 44.0 Å². The van der Waals surface area contributed by atoms with E-state index in [9.17, 15) is 9.90 Å². The summed E-state index contributed by atoms with van der Waals surface area (Å²) in [5.74, 6) is 0.244. The van der Waals surface area contributed by atoms with Crippen molar-refractivity contribution < 1.29 is 19.4 Å². The zero-order chi connectivity index (χ0) is 24.8. The number of hydrogen-bond donors (Lipinski definition) is 1. The molecule has 1 saturated heterocycles. The number of allylic oxidation sites excluding steroid dienone is 1. The van der Waals surface area contributed by atoms with E-state index in [-0.39, 0.29) is 6.61 Å². The number of nitrogens with zero attached hydrogens (tertiary/aromatic N) is 4. The number of nitriles is 1. The molecule has 2 unspecified atom stereocenters. The van der Waals surface area contributed by atoms with Crippen molar-refractivity contribution in [3.63, 3.8) is 0 Å². The number of hydrogen-bond acceptors (Lipinski definition) is 7. The molecule has 2 heterocycles. The first-order valence-corrected chi connectivity index (χ1v) is 11.7. The Labute approximate surface area is 205 Å². The van der Waals surface area contributed by atoms with Gasteiger partial charge < -0.3 is 19.5 Å². The van der Waals surface area contributed by atoms with Crippen LogP contribution in [-0.2, 0) is 4.79 Å². The summed E-state index contributed by atoms with van der Waals surface area (Å²) in [6.07, 6.45) is 1.04. The summed E-state index contributed by atoms with van der Waals surface area (Å²) < 4.78 is 11.3. The molecule has 182 valence electrons. The van der Waals surface area contributed by atoms with Crippen LogP contribution in [0, 0.1) is 17.2 Å². The van der Waals surface area contributed by atoms with Crippen molar-refractivity contribution >= 4 is 22.9 Å². The number of carbonyl (C=O) groups is 1. The van der Waals surface area contributed by atoms with Crippen LogP contribution in [0.2, 0.25) is 0 Å². The predicted octanol–water partition coefficient (Wildman–Crippen LogP) is 2.78. The monoisotopic (exact) mass is 474 g/mol. The number of benzene rings is 2. The van der Waals surface area contributed by atoms with Crippen LogP contribution >= 0.6 is 0 Å². The molecular weight excluding hydrogens is 444 g/mol. The van der Waals surface area contributed by atoms with Crippen LogP contribution < -0.4 is 14.4 Å². The molecule has 0 spiro atoms. The minimum Gasteiger partial charge on any atom is -0.495 e. The van der Waals surface area contributed by atoms with Crippen LogP contribution in [0.3, 0.4) is 0 Å². The smallest absolute Gasteiger partial charge is 0.267 e. The van der Waals surface area contributed by atoms with E-state index in [2.05, 4.69) is 20.9 Å². The van der Waals surface area contributed by atoms with E-state index >= 15 is 0 Å². The number of para-hydroxylation sites is 2. The molecule has 2 atom stereocenters. The molecule has 8 nitrogen and oxygen atoms in total. The second kappa shape index (κ2) is 11.2. The van der Waals surface area contributed by atoms with E-state index < -0.39 is 17.9 Å². The van der Waals surface area contributed by atoms with Crippen molar-refractivity contribution in [2.24, 2.45) is 10.9 Å². The lowest BCUT2D eigenvalue weighted by Crippen LogP contribution is -2.49. The molecule has 2 aliphatic rings. The molecule has 4 rings (SSSR count). The predicted molar refractivity (Wildman–Crippen MR) is 135 cm³/mol. The number of rotatable bonds is 8. The molecule has 0 saturated carbocycles. The standard InChI is InChI=1S/C27H30N4O4/c1-19-24(15-21(16-28)27(33)29-19)20-7-9-23(10-8-20)35-18-22(32)17-30-11-13-31(14-12-30)25-5-3-4-6-26(25)34-2/h3-10,15,21-22,32H,11-14,17-18H2,1-2H3. The van der Waals surface area contributed by atoms with E-state index in [1.165, 1.54) is 0 Å². The average molecular weight is 475 g/mol. The number of aliphatic imine (C=N–C) groups is 1. The van der Waals surface area contributed by atoms with Gasteiger partial charge in [0.05, 0.1) is 18.9 Å². The Kier molecular flexibility index (Phi) is 7.80. The molecule has 2 aromatic carbocycles. The minimum absolute atomic E-state index is 0.195. The highest BCUT2D eigenvalue weighted by atomic mass is 16.5. The summed E-state index contributed by atoms with van der Waals surface area (Å²) in [4.78, 5) is 20.3. The Morgan fingerprint density at radius 3 is 2.54 bits per heavy atom. The van der Waals surface area contributed by atoms with Crippen LogP contribution in [0.4, 0.5) is 5.69 Å². The fourth-order valence-corrected chi connectivity index (χ4v) is 4.39. The quantitative estimate of drug-likeness (QED) is 0.628. The van der Waals surface area contributed by atoms with Crippen LogP contribution in [0.15, 0.2) is 59.6 Å². The zero-order valence-electron chi connectivity index (χ0n) is 20.1. The molecule has 1 fully saturated rings. The van der Waals surface area contributed by atoms with Crippen molar-refractivity contribution in [1.82, 2.24) is 4.90 Å². The number of aliphatic hydroxyl groups is 1. The van der Waals surface area contributed by atoms with Crippen molar-refractivity contribution in [2.45, 2.75) is 13.0 Å². The maximum atomic E-state index is 11.8. The average Bonchev–Trinajstić information content (AvgIpc) is 2.88. The molecule has 1 amide bonds. The molecule has 2 aromatic rings. The van der Waals surface area contributed by atoms with Gasteiger partial charge in [0.2, 0.25) is 0 Å². The fraction of sp³-hybridized carbons (Fsp3) is 0.370. The molecule has 0 aromatic heterocycles. The second-order valence-electron chi connectivity index (χ2n) is 8.67. The van der Waals surface area contributed by atoms with E-state index in [0.29, 0.717) is 18.0 Å². The van der Waals surface area contributed by atoms with Gasteiger partial charge in [-0.05, 0) is 42.8 Å². The topological polar surface area (TPSA) is 98.4 Å². The first-order valence-electron chi connectivity index (χ1n) is 11.7. The molecule has 0 radical (unpaired) electrons. The van der Waals surface area contributed by atoms with Crippen LogP contribution in [0.5, 0.6) is 11.5 Å². The van der Waals surface area contributed by atoms with Gasteiger partial charge >= 0.3 is 0 Å². The Morgan fingerprint density at radius 1 is 1.14 bits per heavy atom. The SMILES string of the molecule is COc1ccccc1N1CCN(CC(O)COc2ccc(C3=CC(C#N)C(=O)N=C3C)cc2)CC1. The third-order valence-corrected chi connectivity index (χ3v) is 6.28. The first kappa shape index (κ1) is 24.5. The molecule has 35 heavy (non-hydrogen) atoms. The Morgan fingerprint density at radius 2 is 1.86 bits per heavy atom. The van der Waals surface area contributed by atoms with E-state index in [4.69, 9.17) is 14.7 Å². The number of dihydropyridines is 1. The largest absolute Gasteiger partial charge is 0.495 e. The lowest BCUT2D eigenvalue weighted by atomic mass is 9.94. The van der Waals surface area contributed by atoms with E-state index in [1.54, 1.807) is 20.1 Å². The van der Waals surface area contributed by atoms with Crippen LogP contribution in [0.25, 0.3) is 5.57 Å². The number of carbonyl (C=O) groups excluding carboxylic acids is 1. The van der Waals surface area contributed by atoms with E-state index in [0.717, 1.165) is 48.8 Å². The summed E-state index contributed by atoms with van der Waals surface area (Å²) in [6, 6.07) is 17.4. The lowest BCUT2D eigenvalue weighted by molar-refractivity contribution is -0.118. The van der Waals surface area contributed by atoms with Crippen LogP contribution in [-0.4, -0.2) is 74.2 Å². The van der Waals surface area contributed by atoms with Gasteiger partial charge in [-0.15, -0.1) is 0 Å². The number of amides is 1. The summed E-state index contributed by atoms with van der Waals surface area (Å²) in [5, 5.41) is 19.7. The highest BCUT2D eigenvalue weighted by Crippen LogP contribution is 2.28. The van der Waals surface area contributed by atoms with E-state index in [1.807, 2.05) is 48.5 Å². The number of aliphatic hydroxyl groups excluding tert-OH is 1. The fourth-order valence-electron chi connectivity index (χ4n) is 4.39. The highest BCUT2D eigenvalue weighted by Gasteiger charge is 2.23. The first-order chi connectivity index (χ1) is 17.0. The molecule has 0 aliphatic carbocycles. The Hall–Kier alpha value is -3.67. The summed E-state index contributed by atoms with van der Waals surface area (Å²) >= 11 is 0.